The number of carbonyl (C=O) groups is 2. The van der Waals surface area contributed by atoms with Crippen LogP contribution in [-0.2, 0) is 11.3 Å². The fourth-order valence-corrected chi connectivity index (χ4v) is 4.17. The topological polar surface area (TPSA) is 106 Å². The van der Waals surface area contributed by atoms with E-state index in [1.165, 1.54) is 12.4 Å². The van der Waals surface area contributed by atoms with Crippen LogP contribution in [0.4, 0.5) is 4.39 Å². The van der Waals surface area contributed by atoms with Gasteiger partial charge in [-0.05, 0) is 48.7 Å². The van der Waals surface area contributed by atoms with Gasteiger partial charge in [-0.3, -0.25) is 9.79 Å². The summed E-state index contributed by atoms with van der Waals surface area (Å²) in [5, 5.41) is 15.4. The zero-order valence-corrected chi connectivity index (χ0v) is 19.1. The van der Waals surface area contributed by atoms with Gasteiger partial charge in [0, 0.05) is 25.8 Å². The third kappa shape index (κ3) is 4.68. The zero-order valence-electron chi connectivity index (χ0n) is 19.1. The Hall–Kier alpha value is -4.01. The van der Waals surface area contributed by atoms with Gasteiger partial charge in [-0.2, -0.15) is 0 Å². The third-order valence-corrected chi connectivity index (χ3v) is 6.05. The quantitative estimate of drug-likeness (QED) is 0.586. The Morgan fingerprint density at radius 3 is 2.62 bits per heavy atom. The van der Waals surface area contributed by atoms with Crippen molar-refractivity contribution in [2.45, 2.75) is 38.5 Å². The molecule has 3 atom stereocenters. The fourth-order valence-electron chi connectivity index (χ4n) is 4.17. The standard InChI is InChI=1S/C25H26FN5O3/c1-14-10-16(4-9-19(14)26)11-27-24(32)22-23-21(28-13-29-22)20(12-31(23)3)30-15(2)17-5-7-18(8-6-17)25(33)34/h4-10,12-13,15,21,23,30H,11H2,1-3H3,(H,27,32)(H,33,34). The van der Waals surface area contributed by atoms with Crippen LogP contribution >= 0.6 is 0 Å². The second-order valence-electron chi connectivity index (χ2n) is 8.48. The van der Waals surface area contributed by atoms with E-state index in [0.717, 1.165) is 16.8 Å². The summed E-state index contributed by atoms with van der Waals surface area (Å²) in [6.07, 6.45) is 3.31. The van der Waals surface area contributed by atoms with Gasteiger partial charge < -0.3 is 20.6 Å². The molecule has 0 radical (unpaired) electrons. The van der Waals surface area contributed by atoms with Gasteiger partial charge in [0.1, 0.15) is 30.0 Å². The number of hydrogen-bond donors (Lipinski definition) is 3. The van der Waals surface area contributed by atoms with Crippen LogP contribution in [0.3, 0.4) is 0 Å². The van der Waals surface area contributed by atoms with E-state index in [1.807, 2.05) is 25.1 Å². The first-order valence-electron chi connectivity index (χ1n) is 10.9. The minimum absolute atomic E-state index is 0.102. The molecule has 0 saturated carbocycles. The van der Waals surface area contributed by atoms with Crippen molar-refractivity contribution in [1.82, 2.24) is 15.5 Å². The van der Waals surface area contributed by atoms with Crippen LogP contribution in [0.1, 0.15) is 40.0 Å². The van der Waals surface area contributed by atoms with Gasteiger partial charge in [0.25, 0.3) is 5.91 Å². The number of likely N-dealkylation sites (N-methyl/N-ethyl adjacent to an activating group) is 1. The number of benzene rings is 2. The van der Waals surface area contributed by atoms with E-state index < -0.39 is 5.97 Å². The van der Waals surface area contributed by atoms with Crippen molar-refractivity contribution in [3.63, 3.8) is 0 Å². The Labute approximate surface area is 196 Å². The number of nitrogens with zero attached hydrogens (tertiary/aromatic N) is 3. The van der Waals surface area contributed by atoms with Crippen LogP contribution in [0.2, 0.25) is 0 Å². The molecule has 3 N–H and O–H groups in total. The number of aliphatic imine (C=N–C) groups is 2. The van der Waals surface area contributed by atoms with Gasteiger partial charge in [0.05, 0.1) is 11.3 Å². The summed E-state index contributed by atoms with van der Waals surface area (Å²) in [4.78, 5) is 34.7. The number of rotatable bonds is 7. The van der Waals surface area contributed by atoms with E-state index in [4.69, 9.17) is 5.11 Å². The SMILES string of the molecule is Cc1cc(CNC(=O)C2=NC=NC3C(NC(C)c4ccc(C(=O)O)cc4)=CN(C)C23)ccc1F. The second-order valence-corrected chi connectivity index (χ2v) is 8.48. The predicted octanol–water partition coefficient (Wildman–Crippen LogP) is 2.81. The van der Waals surface area contributed by atoms with Crippen LogP contribution < -0.4 is 10.6 Å². The molecule has 1 amide bonds. The van der Waals surface area contributed by atoms with Crippen LogP contribution in [0.25, 0.3) is 0 Å². The monoisotopic (exact) mass is 463 g/mol. The Kier molecular flexibility index (Phi) is 6.45. The molecular weight excluding hydrogens is 437 g/mol. The summed E-state index contributed by atoms with van der Waals surface area (Å²) in [6, 6.07) is 10.7. The molecule has 2 aromatic rings. The number of amides is 1. The van der Waals surface area contributed by atoms with Gasteiger partial charge in [0.2, 0.25) is 0 Å². The number of hydrogen-bond acceptors (Lipinski definition) is 6. The minimum Gasteiger partial charge on any atom is -0.478 e. The van der Waals surface area contributed by atoms with Crippen molar-refractivity contribution in [3.05, 3.63) is 82.4 Å². The van der Waals surface area contributed by atoms with Gasteiger partial charge in [-0.1, -0.05) is 24.3 Å². The van der Waals surface area contributed by atoms with Crippen LogP contribution in [0, 0.1) is 12.7 Å². The molecule has 0 fully saturated rings. The summed E-state index contributed by atoms with van der Waals surface area (Å²) in [6.45, 7) is 3.92. The highest BCUT2D eigenvalue weighted by molar-refractivity contribution is 6.42. The van der Waals surface area contributed by atoms with Crippen LogP contribution in [0.15, 0.2) is 64.3 Å². The number of aromatic carboxylic acids is 1. The average Bonchev–Trinajstić information content (AvgIpc) is 3.14. The summed E-state index contributed by atoms with van der Waals surface area (Å²) >= 11 is 0. The molecule has 2 aromatic carbocycles. The smallest absolute Gasteiger partial charge is 0.335 e. The highest BCUT2D eigenvalue weighted by Crippen LogP contribution is 2.28. The largest absolute Gasteiger partial charge is 0.478 e. The minimum atomic E-state index is -0.966. The Morgan fingerprint density at radius 2 is 1.94 bits per heavy atom. The molecule has 0 aliphatic carbocycles. The number of carbonyl (C=O) groups excluding carboxylic acids is 1. The van der Waals surface area contributed by atoms with E-state index >= 15 is 0 Å². The van der Waals surface area contributed by atoms with Crippen molar-refractivity contribution in [3.8, 4) is 0 Å². The second kappa shape index (κ2) is 9.46. The molecule has 0 spiro atoms. The molecule has 0 saturated heterocycles. The number of halogens is 1. The maximum Gasteiger partial charge on any atom is 0.335 e. The fraction of sp³-hybridized carbons (Fsp3) is 0.280. The molecule has 9 heteroatoms. The molecular formula is C25H26FN5O3. The first kappa shape index (κ1) is 23.2. The Morgan fingerprint density at radius 1 is 1.21 bits per heavy atom. The van der Waals surface area contributed by atoms with Gasteiger partial charge in [0.15, 0.2) is 0 Å². The van der Waals surface area contributed by atoms with Gasteiger partial charge >= 0.3 is 5.97 Å². The normalized spacial score (nSPS) is 19.7. The molecule has 0 bridgehead atoms. The number of nitrogens with one attached hydrogen (secondary N) is 2. The maximum absolute atomic E-state index is 13.5. The van der Waals surface area contributed by atoms with Crippen molar-refractivity contribution >= 4 is 23.9 Å². The third-order valence-electron chi connectivity index (χ3n) is 6.05. The summed E-state index contributed by atoms with van der Waals surface area (Å²) in [7, 11) is 1.87. The van der Waals surface area contributed by atoms with Gasteiger partial charge in [-0.15, -0.1) is 0 Å². The molecule has 2 heterocycles. The lowest BCUT2D eigenvalue weighted by Crippen LogP contribution is -2.49. The lowest BCUT2D eigenvalue weighted by atomic mass is 10.00. The molecule has 2 aliphatic heterocycles. The van der Waals surface area contributed by atoms with Crippen molar-refractivity contribution in [2.75, 3.05) is 7.05 Å². The number of carboxylic acids is 1. The van der Waals surface area contributed by atoms with E-state index in [2.05, 4.69) is 20.6 Å². The highest BCUT2D eigenvalue weighted by Gasteiger charge is 2.41. The Balaban J connectivity index is 1.42. The number of aryl methyl sites for hydroxylation is 1. The van der Waals surface area contributed by atoms with Crippen molar-refractivity contribution < 1.29 is 19.1 Å². The van der Waals surface area contributed by atoms with E-state index in [0.29, 0.717) is 11.3 Å². The predicted molar refractivity (Wildman–Crippen MR) is 127 cm³/mol. The molecule has 0 aromatic heterocycles. The first-order valence-corrected chi connectivity index (χ1v) is 10.9. The molecule has 176 valence electrons. The lowest BCUT2D eigenvalue weighted by molar-refractivity contribution is -0.115. The summed E-state index contributed by atoms with van der Waals surface area (Å²) < 4.78 is 13.5. The average molecular weight is 464 g/mol. The molecule has 8 nitrogen and oxygen atoms in total. The number of fused-ring (bicyclic) bond motifs is 1. The first-order chi connectivity index (χ1) is 16.2. The zero-order chi connectivity index (χ0) is 24.4. The van der Waals surface area contributed by atoms with Crippen molar-refractivity contribution in [2.24, 2.45) is 9.98 Å². The van der Waals surface area contributed by atoms with Crippen molar-refractivity contribution in [1.29, 1.82) is 0 Å². The van der Waals surface area contributed by atoms with Crippen LogP contribution in [0.5, 0.6) is 0 Å². The summed E-state index contributed by atoms with van der Waals surface area (Å²) in [5.74, 6) is -1.55. The van der Waals surface area contributed by atoms with E-state index in [-0.39, 0.29) is 42.0 Å². The van der Waals surface area contributed by atoms with Gasteiger partial charge in [-0.25, -0.2) is 14.2 Å². The molecule has 4 rings (SSSR count). The highest BCUT2D eigenvalue weighted by atomic mass is 19.1. The van der Waals surface area contributed by atoms with Crippen LogP contribution in [-0.4, -0.2) is 53.1 Å². The number of carboxylic acid groups (broad SMARTS) is 1. The van der Waals surface area contributed by atoms with E-state index in [9.17, 15) is 14.0 Å². The Bertz CT molecular complexity index is 1210. The summed E-state index contributed by atoms with van der Waals surface area (Å²) in [5.41, 5.74) is 3.68. The molecule has 2 aliphatic rings. The molecule has 3 unspecified atom stereocenters. The maximum atomic E-state index is 13.5. The van der Waals surface area contributed by atoms with E-state index in [1.54, 1.807) is 43.3 Å². The molecule has 34 heavy (non-hydrogen) atoms. The lowest BCUT2D eigenvalue weighted by Gasteiger charge is -2.28.